The van der Waals surface area contributed by atoms with Crippen LogP contribution >= 0.6 is 11.8 Å². The second-order valence-corrected chi connectivity index (χ2v) is 4.22. The molecule has 0 fully saturated rings. The van der Waals surface area contributed by atoms with Crippen LogP contribution in [0, 0.1) is 11.3 Å². The molecule has 1 rings (SSSR count). The zero-order chi connectivity index (χ0) is 10.2. The lowest BCUT2D eigenvalue weighted by Crippen LogP contribution is -1.77. The van der Waals surface area contributed by atoms with E-state index in [0.29, 0.717) is 6.42 Å². The molecule has 14 heavy (non-hydrogen) atoms. The highest BCUT2D eigenvalue weighted by Gasteiger charge is 1.97. The zero-order valence-electron chi connectivity index (χ0n) is 8.07. The van der Waals surface area contributed by atoms with Gasteiger partial charge in [-0.05, 0) is 29.9 Å². The fraction of sp³-hybridized carbons (Fsp3) is 0.250. The minimum Gasteiger partial charge on any atom is -0.198 e. The molecule has 0 radical (unpaired) electrons. The Hall–Kier alpha value is -1.20. The number of thioether (sulfide) groups is 1. The highest BCUT2D eigenvalue weighted by Crippen LogP contribution is 2.27. The molecule has 0 spiro atoms. The summed E-state index contributed by atoms with van der Waals surface area (Å²) in [6.07, 6.45) is 2.46. The average molecular weight is 203 g/mol. The third-order valence-electron chi connectivity index (χ3n) is 1.75. The highest BCUT2D eigenvalue weighted by atomic mass is 32.2. The Morgan fingerprint density at radius 2 is 2.07 bits per heavy atom. The zero-order valence-corrected chi connectivity index (χ0v) is 8.89. The average Bonchev–Trinajstić information content (AvgIpc) is 2.20. The van der Waals surface area contributed by atoms with Crippen molar-refractivity contribution >= 4 is 11.8 Å². The van der Waals surface area contributed by atoms with Crippen molar-refractivity contribution in [1.29, 1.82) is 5.26 Å². The van der Waals surface area contributed by atoms with Crippen molar-refractivity contribution in [3.8, 4) is 6.07 Å². The summed E-state index contributed by atoms with van der Waals surface area (Å²) < 4.78 is 0. The minimum absolute atomic E-state index is 0.619. The van der Waals surface area contributed by atoms with Crippen molar-refractivity contribution < 1.29 is 0 Å². The van der Waals surface area contributed by atoms with Gasteiger partial charge >= 0.3 is 0 Å². The third-order valence-corrected chi connectivity index (χ3v) is 2.75. The van der Waals surface area contributed by atoms with E-state index in [2.05, 4.69) is 24.8 Å². The minimum atomic E-state index is 0.619. The summed E-state index contributed by atoms with van der Waals surface area (Å²) in [5, 5.41) is 8.38. The van der Waals surface area contributed by atoms with Gasteiger partial charge in [-0.3, -0.25) is 0 Å². The van der Waals surface area contributed by atoms with Gasteiger partial charge in [-0.2, -0.15) is 5.26 Å². The summed E-state index contributed by atoms with van der Waals surface area (Å²) in [5.41, 5.74) is 0. The first-order valence-corrected chi connectivity index (χ1v) is 5.42. The molecule has 0 unspecified atom stereocenters. The van der Waals surface area contributed by atoms with Gasteiger partial charge in [0.1, 0.15) is 0 Å². The summed E-state index contributed by atoms with van der Waals surface area (Å²) in [6.45, 7) is 3.98. The molecule has 0 amide bonds. The van der Waals surface area contributed by atoms with Crippen LogP contribution in [0.25, 0.3) is 0 Å². The Morgan fingerprint density at radius 3 is 2.71 bits per heavy atom. The maximum Gasteiger partial charge on any atom is 0.0621 e. The summed E-state index contributed by atoms with van der Waals surface area (Å²) >= 11 is 1.69. The number of hydrogen-bond acceptors (Lipinski definition) is 2. The first-order valence-electron chi connectivity index (χ1n) is 4.60. The molecule has 0 aliphatic rings. The van der Waals surface area contributed by atoms with Gasteiger partial charge in [-0.25, -0.2) is 0 Å². The summed E-state index contributed by atoms with van der Waals surface area (Å²) in [5.74, 6) is 0. The van der Waals surface area contributed by atoms with E-state index in [9.17, 15) is 0 Å². The number of allylic oxidation sites excluding steroid dienone is 1. The van der Waals surface area contributed by atoms with Gasteiger partial charge < -0.3 is 0 Å². The number of rotatable bonds is 5. The van der Waals surface area contributed by atoms with Gasteiger partial charge in [0.25, 0.3) is 0 Å². The van der Waals surface area contributed by atoms with Crippen LogP contribution in [-0.4, -0.2) is 0 Å². The number of hydrogen-bond donors (Lipinski definition) is 0. The summed E-state index contributed by atoms with van der Waals surface area (Å²) in [7, 11) is 0. The molecule has 0 heterocycles. The fourth-order valence-electron chi connectivity index (χ4n) is 1.07. The monoisotopic (exact) mass is 203 g/mol. The summed E-state index contributed by atoms with van der Waals surface area (Å²) in [4.78, 5) is 2.35. The second kappa shape index (κ2) is 6.28. The smallest absolute Gasteiger partial charge is 0.0621 e. The molecule has 1 aromatic carbocycles. The number of nitriles is 1. The Balaban J connectivity index is 2.32. The van der Waals surface area contributed by atoms with E-state index in [1.807, 2.05) is 18.2 Å². The van der Waals surface area contributed by atoms with E-state index in [1.165, 1.54) is 4.90 Å². The van der Waals surface area contributed by atoms with Crippen molar-refractivity contribution in [3.63, 3.8) is 0 Å². The number of nitrogens with zero attached hydrogens (tertiary/aromatic N) is 1. The van der Waals surface area contributed by atoms with Crippen LogP contribution < -0.4 is 0 Å². The molecule has 2 heteroatoms. The van der Waals surface area contributed by atoms with Crippen LogP contribution in [0.5, 0.6) is 0 Å². The predicted molar refractivity (Wildman–Crippen MR) is 60.9 cm³/mol. The van der Waals surface area contributed by atoms with Gasteiger partial charge in [-0.15, -0.1) is 0 Å². The van der Waals surface area contributed by atoms with Crippen molar-refractivity contribution in [3.05, 3.63) is 41.8 Å². The summed E-state index contributed by atoms with van der Waals surface area (Å²) in [6, 6.07) is 12.3. The fourth-order valence-corrected chi connectivity index (χ4v) is 1.94. The van der Waals surface area contributed by atoms with E-state index < -0.39 is 0 Å². The van der Waals surface area contributed by atoms with Gasteiger partial charge in [0, 0.05) is 11.3 Å². The molecule has 0 aromatic heterocycles. The molecule has 0 saturated carbocycles. The maximum absolute atomic E-state index is 8.38. The van der Waals surface area contributed by atoms with Crippen LogP contribution in [0.4, 0.5) is 0 Å². The van der Waals surface area contributed by atoms with Gasteiger partial charge in [0.05, 0.1) is 6.07 Å². The largest absolute Gasteiger partial charge is 0.198 e. The van der Waals surface area contributed by atoms with Crippen molar-refractivity contribution in [1.82, 2.24) is 0 Å². The third kappa shape index (κ3) is 4.15. The first kappa shape index (κ1) is 10.9. The molecule has 0 atom stereocenters. The molecule has 72 valence electrons. The lowest BCUT2D eigenvalue weighted by molar-refractivity contribution is 0.870. The molecule has 0 aliphatic carbocycles. The SMILES string of the molecule is C=C(CCCC#N)Sc1ccccc1. The molecule has 1 nitrogen and oxygen atoms in total. The van der Waals surface area contributed by atoms with Crippen molar-refractivity contribution in [2.24, 2.45) is 0 Å². The normalized spacial score (nSPS) is 9.36. The Labute approximate surface area is 89.4 Å². The second-order valence-electron chi connectivity index (χ2n) is 2.97. The molecular formula is C12H13NS. The number of benzene rings is 1. The standard InChI is InChI=1S/C12H13NS/c1-11(7-5-6-10-13)14-12-8-3-2-4-9-12/h2-4,8-9H,1,5-7H2. The van der Waals surface area contributed by atoms with Crippen LogP contribution in [-0.2, 0) is 0 Å². The van der Waals surface area contributed by atoms with E-state index in [4.69, 9.17) is 5.26 Å². The highest BCUT2D eigenvalue weighted by molar-refractivity contribution is 8.03. The molecular weight excluding hydrogens is 190 g/mol. The lowest BCUT2D eigenvalue weighted by atomic mass is 10.2. The maximum atomic E-state index is 8.38. The predicted octanol–water partition coefficient (Wildman–Crippen LogP) is 3.99. The Morgan fingerprint density at radius 1 is 1.36 bits per heavy atom. The number of unbranched alkanes of at least 4 members (excludes halogenated alkanes) is 1. The molecule has 1 aromatic rings. The van der Waals surface area contributed by atoms with Crippen LogP contribution in [0.15, 0.2) is 46.7 Å². The van der Waals surface area contributed by atoms with Crippen molar-refractivity contribution in [2.75, 3.05) is 0 Å². The first-order chi connectivity index (χ1) is 6.83. The van der Waals surface area contributed by atoms with E-state index in [-0.39, 0.29) is 0 Å². The van der Waals surface area contributed by atoms with Gasteiger partial charge in [-0.1, -0.05) is 36.5 Å². The molecule has 0 N–H and O–H groups in total. The van der Waals surface area contributed by atoms with Crippen molar-refractivity contribution in [2.45, 2.75) is 24.2 Å². The molecule has 0 aliphatic heterocycles. The van der Waals surface area contributed by atoms with E-state index >= 15 is 0 Å². The van der Waals surface area contributed by atoms with Gasteiger partial charge in [0.2, 0.25) is 0 Å². The van der Waals surface area contributed by atoms with Crippen LogP contribution in [0.3, 0.4) is 0 Å². The van der Waals surface area contributed by atoms with E-state index in [0.717, 1.165) is 17.7 Å². The van der Waals surface area contributed by atoms with Gasteiger partial charge in [0.15, 0.2) is 0 Å². The van der Waals surface area contributed by atoms with Crippen LogP contribution in [0.1, 0.15) is 19.3 Å². The van der Waals surface area contributed by atoms with Crippen LogP contribution in [0.2, 0.25) is 0 Å². The molecule has 0 bridgehead atoms. The molecule has 0 saturated heterocycles. The Kier molecular flexibility index (Phi) is 4.88. The lowest BCUT2D eigenvalue weighted by Gasteiger charge is -2.03. The van der Waals surface area contributed by atoms with E-state index in [1.54, 1.807) is 11.8 Å². The quantitative estimate of drug-likeness (QED) is 0.533. The topological polar surface area (TPSA) is 23.8 Å². The Bertz CT molecular complexity index is 324.